The number of aryl methyl sites for hydroxylation is 2. The molecule has 0 aromatic heterocycles. The van der Waals surface area contributed by atoms with Crippen molar-refractivity contribution in [2.45, 2.75) is 56.9 Å². The van der Waals surface area contributed by atoms with Crippen LogP contribution in [-0.4, -0.2) is 19.1 Å². The van der Waals surface area contributed by atoms with Crippen molar-refractivity contribution in [1.29, 1.82) is 0 Å². The standard InChI is InChI=1S/C24H29NO2/c1-18(20-12-11-19-7-5-6-8-21(19)17-20)25-23(26)24(13-15-27-16-14-24)22-9-3-2-4-10-22/h2-4,9-12,17-18H,5-8,13-16H2,1H3,(H,25,26). The van der Waals surface area contributed by atoms with Gasteiger partial charge < -0.3 is 10.1 Å². The Labute approximate surface area is 162 Å². The van der Waals surface area contributed by atoms with Crippen LogP contribution in [0.5, 0.6) is 0 Å². The van der Waals surface area contributed by atoms with Crippen LogP contribution in [0.15, 0.2) is 48.5 Å². The van der Waals surface area contributed by atoms with Gasteiger partial charge in [-0.3, -0.25) is 4.79 Å². The van der Waals surface area contributed by atoms with Gasteiger partial charge in [-0.05, 0) is 67.7 Å². The Kier molecular flexibility index (Phi) is 5.31. The molecule has 1 aliphatic heterocycles. The number of hydrogen-bond donors (Lipinski definition) is 1. The highest BCUT2D eigenvalue weighted by Crippen LogP contribution is 2.36. The molecule has 1 fully saturated rings. The Balaban J connectivity index is 1.56. The summed E-state index contributed by atoms with van der Waals surface area (Å²) in [5.74, 6) is 0.127. The van der Waals surface area contributed by atoms with Crippen LogP contribution in [-0.2, 0) is 27.8 Å². The molecule has 1 atom stereocenters. The van der Waals surface area contributed by atoms with Crippen molar-refractivity contribution in [3.8, 4) is 0 Å². The molecule has 1 heterocycles. The Morgan fingerprint density at radius 2 is 1.70 bits per heavy atom. The van der Waals surface area contributed by atoms with Crippen molar-refractivity contribution in [2.75, 3.05) is 13.2 Å². The van der Waals surface area contributed by atoms with E-state index in [-0.39, 0.29) is 11.9 Å². The van der Waals surface area contributed by atoms with Crippen LogP contribution in [0.25, 0.3) is 0 Å². The van der Waals surface area contributed by atoms with Gasteiger partial charge in [0.2, 0.25) is 5.91 Å². The summed E-state index contributed by atoms with van der Waals surface area (Å²) < 4.78 is 5.57. The number of amides is 1. The van der Waals surface area contributed by atoms with Gasteiger partial charge in [-0.25, -0.2) is 0 Å². The topological polar surface area (TPSA) is 38.3 Å². The van der Waals surface area contributed by atoms with Crippen molar-refractivity contribution < 1.29 is 9.53 Å². The summed E-state index contributed by atoms with van der Waals surface area (Å²) >= 11 is 0. The minimum absolute atomic E-state index is 0.00755. The molecule has 4 rings (SSSR count). The van der Waals surface area contributed by atoms with E-state index in [1.54, 1.807) is 0 Å². The molecule has 2 aromatic rings. The molecule has 1 unspecified atom stereocenters. The maximum absolute atomic E-state index is 13.4. The zero-order chi connectivity index (χ0) is 18.7. The highest BCUT2D eigenvalue weighted by Gasteiger charge is 2.42. The van der Waals surface area contributed by atoms with Gasteiger partial charge in [0.25, 0.3) is 0 Å². The Bertz CT molecular complexity index is 793. The summed E-state index contributed by atoms with van der Waals surface area (Å²) in [7, 11) is 0. The number of ether oxygens (including phenoxy) is 1. The molecule has 0 saturated carbocycles. The van der Waals surface area contributed by atoms with Gasteiger partial charge in [0.05, 0.1) is 11.5 Å². The van der Waals surface area contributed by atoms with Crippen molar-refractivity contribution in [3.05, 3.63) is 70.8 Å². The average molecular weight is 364 g/mol. The average Bonchev–Trinajstić information content (AvgIpc) is 2.74. The molecule has 2 aliphatic rings. The van der Waals surface area contributed by atoms with E-state index in [4.69, 9.17) is 4.74 Å². The first-order valence-corrected chi connectivity index (χ1v) is 10.2. The molecule has 2 aromatic carbocycles. The van der Waals surface area contributed by atoms with Crippen LogP contribution in [0.1, 0.15) is 60.9 Å². The summed E-state index contributed by atoms with van der Waals surface area (Å²) in [6, 6.07) is 17.0. The molecule has 142 valence electrons. The molecular formula is C24H29NO2. The van der Waals surface area contributed by atoms with E-state index < -0.39 is 5.41 Å². The third kappa shape index (κ3) is 3.66. The minimum atomic E-state index is -0.484. The Morgan fingerprint density at radius 3 is 2.44 bits per heavy atom. The van der Waals surface area contributed by atoms with Gasteiger partial charge in [-0.2, -0.15) is 0 Å². The summed E-state index contributed by atoms with van der Waals surface area (Å²) in [4.78, 5) is 13.4. The van der Waals surface area contributed by atoms with E-state index >= 15 is 0 Å². The van der Waals surface area contributed by atoms with Crippen molar-refractivity contribution >= 4 is 5.91 Å². The predicted octanol–water partition coefficient (Wildman–Crippen LogP) is 4.49. The monoisotopic (exact) mass is 363 g/mol. The smallest absolute Gasteiger partial charge is 0.231 e. The fourth-order valence-corrected chi connectivity index (χ4v) is 4.56. The molecule has 0 spiro atoms. The molecule has 3 heteroatoms. The van der Waals surface area contributed by atoms with Gasteiger partial charge in [0.1, 0.15) is 0 Å². The first kappa shape index (κ1) is 18.2. The fraction of sp³-hybridized carbons (Fsp3) is 0.458. The first-order chi connectivity index (χ1) is 13.2. The SMILES string of the molecule is CC(NC(=O)C1(c2ccccc2)CCOCC1)c1ccc2c(c1)CCCC2. The molecule has 1 aliphatic carbocycles. The number of rotatable bonds is 4. The molecule has 0 bridgehead atoms. The molecule has 0 radical (unpaired) electrons. The highest BCUT2D eigenvalue weighted by atomic mass is 16.5. The van der Waals surface area contributed by atoms with E-state index in [2.05, 4.69) is 42.6 Å². The summed E-state index contributed by atoms with van der Waals surface area (Å²) in [5, 5.41) is 3.32. The van der Waals surface area contributed by atoms with Gasteiger partial charge >= 0.3 is 0 Å². The lowest BCUT2D eigenvalue weighted by molar-refractivity contribution is -0.131. The van der Waals surface area contributed by atoms with Gasteiger partial charge in [-0.15, -0.1) is 0 Å². The molecular weight excluding hydrogens is 334 g/mol. The predicted molar refractivity (Wildman–Crippen MR) is 108 cm³/mol. The molecule has 1 amide bonds. The third-order valence-electron chi connectivity index (χ3n) is 6.33. The van der Waals surface area contributed by atoms with Gasteiger partial charge in [0, 0.05) is 13.2 Å². The number of carbonyl (C=O) groups excluding carboxylic acids is 1. The summed E-state index contributed by atoms with van der Waals surface area (Å²) in [5.41, 5.74) is 4.77. The van der Waals surface area contributed by atoms with Crippen LogP contribution in [0.4, 0.5) is 0 Å². The highest BCUT2D eigenvalue weighted by molar-refractivity contribution is 5.88. The first-order valence-electron chi connectivity index (χ1n) is 10.2. The maximum Gasteiger partial charge on any atom is 0.231 e. The van der Waals surface area contributed by atoms with Crippen molar-refractivity contribution in [2.24, 2.45) is 0 Å². The van der Waals surface area contributed by atoms with E-state index in [0.717, 1.165) is 24.8 Å². The van der Waals surface area contributed by atoms with Crippen LogP contribution in [0.3, 0.4) is 0 Å². The summed E-state index contributed by atoms with van der Waals surface area (Å²) in [6.45, 7) is 3.37. The number of hydrogen-bond acceptors (Lipinski definition) is 2. The molecule has 1 N–H and O–H groups in total. The Morgan fingerprint density at radius 1 is 1.00 bits per heavy atom. The van der Waals surface area contributed by atoms with Crippen LogP contribution in [0, 0.1) is 0 Å². The third-order valence-corrected chi connectivity index (χ3v) is 6.33. The van der Waals surface area contributed by atoms with Crippen molar-refractivity contribution in [1.82, 2.24) is 5.32 Å². The van der Waals surface area contributed by atoms with E-state index in [0.29, 0.717) is 13.2 Å². The zero-order valence-corrected chi connectivity index (χ0v) is 16.2. The Hall–Kier alpha value is -2.13. The van der Waals surface area contributed by atoms with Gasteiger partial charge in [0.15, 0.2) is 0 Å². The second-order valence-corrected chi connectivity index (χ2v) is 7.99. The minimum Gasteiger partial charge on any atom is -0.381 e. The van der Waals surface area contributed by atoms with E-state index in [1.165, 1.54) is 36.0 Å². The van der Waals surface area contributed by atoms with E-state index in [9.17, 15) is 4.79 Å². The second-order valence-electron chi connectivity index (χ2n) is 7.99. The maximum atomic E-state index is 13.4. The van der Waals surface area contributed by atoms with Gasteiger partial charge in [-0.1, -0.05) is 48.5 Å². The number of benzene rings is 2. The second kappa shape index (κ2) is 7.85. The normalized spacial score (nSPS) is 19.7. The number of nitrogens with one attached hydrogen (secondary N) is 1. The van der Waals surface area contributed by atoms with E-state index in [1.807, 2.05) is 18.2 Å². The lowest BCUT2D eigenvalue weighted by Gasteiger charge is -2.37. The number of fused-ring (bicyclic) bond motifs is 1. The molecule has 1 saturated heterocycles. The lowest BCUT2D eigenvalue weighted by Crippen LogP contribution is -2.48. The van der Waals surface area contributed by atoms with Crippen molar-refractivity contribution in [3.63, 3.8) is 0 Å². The molecule has 27 heavy (non-hydrogen) atoms. The fourth-order valence-electron chi connectivity index (χ4n) is 4.56. The van der Waals surface area contributed by atoms with Crippen LogP contribution in [0.2, 0.25) is 0 Å². The molecule has 3 nitrogen and oxygen atoms in total. The number of carbonyl (C=O) groups is 1. The quantitative estimate of drug-likeness (QED) is 0.869. The largest absolute Gasteiger partial charge is 0.381 e. The zero-order valence-electron chi connectivity index (χ0n) is 16.2. The van der Waals surface area contributed by atoms with Crippen LogP contribution < -0.4 is 5.32 Å². The summed E-state index contributed by atoms with van der Waals surface area (Å²) in [6.07, 6.45) is 6.39. The lowest BCUT2D eigenvalue weighted by atomic mass is 9.73. The van der Waals surface area contributed by atoms with Crippen LogP contribution >= 0.6 is 0 Å².